The fraction of sp³-hybridized carbons (Fsp3) is 1.00. The van der Waals surface area contributed by atoms with Crippen molar-refractivity contribution < 1.29 is 4.74 Å². The van der Waals surface area contributed by atoms with Gasteiger partial charge < -0.3 is 4.74 Å². The highest BCUT2D eigenvalue weighted by Gasteiger charge is 1.92. The Morgan fingerprint density at radius 3 is 1.75 bits per heavy atom. The second-order valence-electron chi connectivity index (χ2n) is 4.48. The summed E-state index contributed by atoms with van der Waals surface area (Å²) in [4.78, 5) is 0. The monoisotopic (exact) mass is 292 g/mol. The van der Waals surface area contributed by atoms with Crippen LogP contribution in [0.25, 0.3) is 0 Å². The quantitative estimate of drug-likeness (QED) is 0.330. The molecular weight excluding hydrogens is 264 g/mol. The van der Waals surface area contributed by atoms with Crippen molar-refractivity contribution in [3.63, 3.8) is 0 Å². The smallest absolute Gasteiger partial charge is 0.0466 e. The largest absolute Gasteiger partial charge is 0.381 e. The molecule has 1 nitrogen and oxygen atoms in total. The first kappa shape index (κ1) is 16.4. The van der Waals surface area contributed by atoms with Crippen LogP contribution in [0.15, 0.2) is 0 Å². The second kappa shape index (κ2) is 15.4. The van der Waals surface area contributed by atoms with Crippen molar-refractivity contribution in [2.45, 2.75) is 71.1 Å². The van der Waals surface area contributed by atoms with Gasteiger partial charge in [0.15, 0.2) is 0 Å². The number of hydrogen-bond acceptors (Lipinski definition) is 1. The minimum atomic E-state index is 0.947. The first-order chi connectivity index (χ1) is 7.91. The summed E-state index contributed by atoms with van der Waals surface area (Å²) in [5.41, 5.74) is 0. The Hall–Kier alpha value is 0.440. The Kier molecular flexibility index (Phi) is 15.9. The van der Waals surface area contributed by atoms with Crippen LogP contribution in [0.4, 0.5) is 0 Å². The molecule has 0 heterocycles. The van der Waals surface area contributed by atoms with Crippen molar-refractivity contribution in [1.82, 2.24) is 0 Å². The lowest BCUT2D eigenvalue weighted by Crippen LogP contribution is -1.97. The molecule has 0 aliphatic carbocycles. The molecule has 0 atom stereocenters. The van der Waals surface area contributed by atoms with Gasteiger partial charge in [0.2, 0.25) is 0 Å². The lowest BCUT2D eigenvalue weighted by molar-refractivity contribution is 0.127. The van der Waals surface area contributed by atoms with E-state index in [1.807, 2.05) is 0 Å². The van der Waals surface area contributed by atoms with Gasteiger partial charge in [-0.1, -0.05) is 67.8 Å². The molecule has 16 heavy (non-hydrogen) atoms. The molecule has 0 spiro atoms. The maximum Gasteiger partial charge on any atom is 0.0466 e. The number of halogens is 1. The number of unbranched alkanes of at least 4 members (excludes halogenated alkanes) is 8. The van der Waals surface area contributed by atoms with Gasteiger partial charge in [0.05, 0.1) is 0 Å². The van der Waals surface area contributed by atoms with E-state index in [0.29, 0.717) is 0 Å². The molecule has 0 bridgehead atoms. The predicted molar refractivity (Wildman–Crippen MR) is 76.5 cm³/mol. The lowest BCUT2D eigenvalue weighted by Gasteiger charge is -2.03. The summed E-state index contributed by atoms with van der Waals surface area (Å²) < 4.78 is 5.56. The van der Waals surface area contributed by atoms with Crippen LogP contribution in [0, 0.1) is 0 Å². The number of rotatable bonds is 13. The molecule has 0 rings (SSSR count). The summed E-state index contributed by atoms with van der Waals surface area (Å²) in [7, 11) is 0. The number of ether oxygens (including phenoxy) is 1. The summed E-state index contributed by atoms with van der Waals surface area (Å²) >= 11 is 3.42. The Morgan fingerprint density at radius 2 is 1.19 bits per heavy atom. The standard InChI is InChI=1S/C14H29BrO/c1-2-3-4-5-6-7-8-10-13-16-14-11-9-12-15/h2-14H2,1H3. The Morgan fingerprint density at radius 1 is 0.688 bits per heavy atom. The third-order valence-corrected chi connectivity index (χ3v) is 3.38. The third-order valence-electron chi connectivity index (χ3n) is 2.81. The minimum Gasteiger partial charge on any atom is -0.381 e. The van der Waals surface area contributed by atoms with Crippen LogP contribution in [-0.4, -0.2) is 18.5 Å². The van der Waals surface area contributed by atoms with Crippen molar-refractivity contribution in [3.8, 4) is 0 Å². The van der Waals surface area contributed by atoms with Crippen LogP contribution >= 0.6 is 15.9 Å². The van der Waals surface area contributed by atoms with Gasteiger partial charge in [-0.3, -0.25) is 0 Å². The molecule has 0 fully saturated rings. The topological polar surface area (TPSA) is 9.23 Å². The van der Waals surface area contributed by atoms with E-state index in [1.165, 1.54) is 64.2 Å². The van der Waals surface area contributed by atoms with Gasteiger partial charge in [0, 0.05) is 18.5 Å². The Bertz CT molecular complexity index is 103. The molecule has 0 aromatic rings. The Balaban J connectivity index is 2.83. The molecule has 0 unspecified atom stereocenters. The minimum absolute atomic E-state index is 0.947. The molecular formula is C14H29BrO. The van der Waals surface area contributed by atoms with E-state index in [0.717, 1.165) is 18.5 Å². The highest BCUT2D eigenvalue weighted by molar-refractivity contribution is 9.09. The van der Waals surface area contributed by atoms with E-state index >= 15 is 0 Å². The lowest BCUT2D eigenvalue weighted by atomic mass is 10.1. The van der Waals surface area contributed by atoms with Crippen LogP contribution in [0.3, 0.4) is 0 Å². The molecule has 0 N–H and O–H groups in total. The van der Waals surface area contributed by atoms with Gasteiger partial charge in [-0.25, -0.2) is 0 Å². The zero-order valence-corrected chi connectivity index (χ0v) is 12.6. The molecule has 0 saturated heterocycles. The number of alkyl halides is 1. The summed E-state index contributed by atoms with van der Waals surface area (Å²) in [6, 6.07) is 0. The predicted octanol–water partition coefficient (Wildman–Crippen LogP) is 5.32. The normalized spacial score (nSPS) is 10.9. The molecule has 98 valence electrons. The van der Waals surface area contributed by atoms with E-state index in [1.54, 1.807) is 0 Å². The third kappa shape index (κ3) is 14.4. The zero-order chi connectivity index (χ0) is 11.9. The van der Waals surface area contributed by atoms with Gasteiger partial charge in [-0.15, -0.1) is 0 Å². The van der Waals surface area contributed by atoms with Crippen LogP contribution in [0.1, 0.15) is 71.1 Å². The fourth-order valence-electron chi connectivity index (χ4n) is 1.74. The molecule has 0 saturated carbocycles. The van der Waals surface area contributed by atoms with E-state index in [-0.39, 0.29) is 0 Å². The van der Waals surface area contributed by atoms with Crippen LogP contribution in [-0.2, 0) is 4.74 Å². The zero-order valence-electron chi connectivity index (χ0n) is 11.0. The van der Waals surface area contributed by atoms with Gasteiger partial charge in [-0.2, -0.15) is 0 Å². The molecule has 0 aromatic heterocycles. The Labute approximate surface area is 110 Å². The maximum atomic E-state index is 5.56. The van der Waals surface area contributed by atoms with Crippen LogP contribution in [0.2, 0.25) is 0 Å². The van der Waals surface area contributed by atoms with Crippen LogP contribution < -0.4 is 0 Å². The van der Waals surface area contributed by atoms with E-state index in [2.05, 4.69) is 22.9 Å². The fourth-order valence-corrected chi connectivity index (χ4v) is 2.14. The van der Waals surface area contributed by atoms with Crippen molar-refractivity contribution >= 4 is 15.9 Å². The van der Waals surface area contributed by atoms with Gasteiger partial charge in [0.1, 0.15) is 0 Å². The van der Waals surface area contributed by atoms with Gasteiger partial charge in [-0.05, 0) is 19.3 Å². The molecule has 0 aliphatic rings. The summed E-state index contributed by atoms with van der Waals surface area (Å²) in [5.74, 6) is 0. The van der Waals surface area contributed by atoms with Crippen molar-refractivity contribution in [2.24, 2.45) is 0 Å². The van der Waals surface area contributed by atoms with Crippen molar-refractivity contribution in [1.29, 1.82) is 0 Å². The van der Waals surface area contributed by atoms with E-state index in [9.17, 15) is 0 Å². The van der Waals surface area contributed by atoms with Gasteiger partial charge in [0.25, 0.3) is 0 Å². The summed E-state index contributed by atoms with van der Waals surface area (Å²) in [5, 5.41) is 1.11. The first-order valence-corrected chi connectivity index (χ1v) is 8.17. The maximum absolute atomic E-state index is 5.56. The molecule has 0 amide bonds. The summed E-state index contributed by atoms with van der Waals surface area (Å²) in [6.07, 6.45) is 13.5. The highest BCUT2D eigenvalue weighted by Crippen LogP contribution is 2.08. The average Bonchev–Trinajstić information content (AvgIpc) is 2.31. The number of hydrogen-bond donors (Lipinski definition) is 0. The van der Waals surface area contributed by atoms with E-state index < -0.39 is 0 Å². The average molecular weight is 293 g/mol. The molecule has 0 aliphatic heterocycles. The van der Waals surface area contributed by atoms with E-state index in [4.69, 9.17) is 4.74 Å². The first-order valence-electron chi connectivity index (χ1n) is 7.05. The summed E-state index contributed by atoms with van der Waals surface area (Å²) in [6.45, 7) is 4.19. The van der Waals surface area contributed by atoms with Crippen molar-refractivity contribution in [2.75, 3.05) is 18.5 Å². The van der Waals surface area contributed by atoms with Crippen molar-refractivity contribution in [3.05, 3.63) is 0 Å². The van der Waals surface area contributed by atoms with Crippen LogP contribution in [0.5, 0.6) is 0 Å². The highest BCUT2D eigenvalue weighted by atomic mass is 79.9. The SMILES string of the molecule is CCCCCCCCCCOCCCCBr. The molecule has 0 aromatic carbocycles. The molecule has 2 heteroatoms. The second-order valence-corrected chi connectivity index (χ2v) is 5.28. The molecule has 0 radical (unpaired) electrons. The van der Waals surface area contributed by atoms with Gasteiger partial charge >= 0.3 is 0 Å².